The molecule has 3 N–H and O–H groups in total. The Morgan fingerprint density at radius 3 is 3.00 bits per heavy atom. The Morgan fingerprint density at radius 1 is 1.50 bits per heavy atom. The summed E-state index contributed by atoms with van der Waals surface area (Å²) >= 11 is 5.06. The van der Waals surface area contributed by atoms with Crippen LogP contribution in [0.3, 0.4) is 0 Å². The fourth-order valence-corrected chi connectivity index (χ4v) is 3.43. The largest absolute Gasteiger partial charge is 0.399 e. The van der Waals surface area contributed by atoms with Gasteiger partial charge in [-0.25, -0.2) is 8.78 Å². The SMILES string of the molecule is Nc1cccc([C@]23COC[C@H]2C[C@](F)(CF)C(=S)N3)c1. The van der Waals surface area contributed by atoms with Crippen LogP contribution in [0.4, 0.5) is 14.5 Å². The van der Waals surface area contributed by atoms with Gasteiger partial charge in [-0.3, -0.25) is 0 Å². The highest BCUT2D eigenvalue weighted by molar-refractivity contribution is 7.80. The summed E-state index contributed by atoms with van der Waals surface area (Å²) in [6.07, 6.45) is 0.0319. The van der Waals surface area contributed by atoms with Gasteiger partial charge in [-0.2, -0.15) is 0 Å². The summed E-state index contributed by atoms with van der Waals surface area (Å²) in [5.41, 5.74) is 4.67. The van der Waals surface area contributed by atoms with E-state index in [4.69, 9.17) is 22.7 Å². The molecule has 20 heavy (non-hydrogen) atoms. The molecule has 2 heterocycles. The lowest BCUT2D eigenvalue weighted by molar-refractivity contribution is 0.107. The molecular formula is C14H16F2N2OS. The molecule has 3 nitrogen and oxygen atoms in total. The number of nitrogens with two attached hydrogens (primary N) is 1. The van der Waals surface area contributed by atoms with E-state index in [-0.39, 0.29) is 17.3 Å². The summed E-state index contributed by atoms with van der Waals surface area (Å²) in [6.45, 7) is -0.345. The number of piperidine rings is 1. The molecule has 0 saturated carbocycles. The minimum Gasteiger partial charge on any atom is -0.399 e. The third-order valence-corrected chi connectivity index (χ3v) is 4.74. The summed E-state index contributed by atoms with van der Waals surface area (Å²) in [7, 11) is 0. The zero-order chi connectivity index (χ0) is 14.4. The van der Waals surface area contributed by atoms with Crippen molar-refractivity contribution in [2.75, 3.05) is 25.6 Å². The standard InChI is InChI=1S/C14H16F2N2OS/c15-7-13(16)5-10-6-19-8-14(10,18-12(13)20)9-2-1-3-11(17)4-9/h1-4,10H,5-8,17H2,(H,18,20)/t10-,13+,14-/m1/s1. The van der Waals surface area contributed by atoms with Gasteiger partial charge in [0.05, 0.1) is 18.8 Å². The van der Waals surface area contributed by atoms with Gasteiger partial charge in [0, 0.05) is 11.6 Å². The van der Waals surface area contributed by atoms with Crippen molar-refractivity contribution >= 4 is 22.9 Å². The van der Waals surface area contributed by atoms with Gasteiger partial charge in [0.15, 0.2) is 5.67 Å². The van der Waals surface area contributed by atoms with Crippen LogP contribution in [0, 0.1) is 5.92 Å². The molecular weight excluding hydrogens is 282 g/mol. The number of halogens is 2. The molecule has 108 valence electrons. The maximum absolute atomic E-state index is 14.4. The average Bonchev–Trinajstić information content (AvgIpc) is 2.83. The maximum Gasteiger partial charge on any atom is 0.189 e. The predicted octanol–water partition coefficient (Wildman–Crippen LogP) is 2.11. The third kappa shape index (κ3) is 1.90. The number of ether oxygens (including phenoxy) is 1. The second kappa shape index (κ2) is 4.63. The molecule has 2 aliphatic rings. The Bertz CT molecular complexity index is 556. The Balaban J connectivity index is 2.02. The summed E-state index contributed by atoms with van der Waals surface area (Å²) < 4.78 is 33.0. The number of nitrogens with one attached hydrogen (secondary N) is 1. The number of anilines is 1. The molecule has 2 aliphatic heterocycles. The molecule has 0 unspecified atom stereocenters. The quantitative estimate of drug-likeness (QED) is 0.648. The lowest BCUT2D eigenvalue weighted by Crippen LogP contribution is -2.63. The Kier molecular flexibility index (Phi) is 3.17. The number of hydrogen-bond acceptors (Lipinski definition) is 3. The molecule has 0 bridgehead atoms. The molecule has 0 aliphatic carbocycles. The van der Waals surface area contributed by atoms with Crippen molar-refractivity contribution in [3.8, 4) is 0 Å². The molecule has 1 aromatic carbocycles. The smallest absolute Gasteiger partial charge is 0.189 e. The lowest BCUT2D eigenvalue weighted by Gasteiger charge is -2.45. The predicted molar refractivity (Wildman–Crippen MR) is 77.0 cm³/mol. The molecule has 0 spiro atoms. The molecule has 3 rings (SSSR count). The topological polar surface area (TPSA) is 47.3 Å². The first-order valence-corrected chi connectivity index (χ1v) is 6.92. The first-order chi connectivity index (χ1) is 9.50. The van der Waals surface area contributed by atoms with Crippen LogP contribution in [0.25, 0.3) is 0 Å². The highest BCUT2D eigenvalue weighted by Gasteiger charge is 2.56. The number of alkyl halides is 2. The summed E-state index contributed by atoms with van der Waals surface area (Å²) in [5, 5.41) is 3.01. The van der Waals surface area contributed by atoms with E-state index in [0.29, 0.717) is 18.9 Å². The van der Waals surface area contributed by atoms with Crippen LogP contribution in [0.15, 0.2) is 24.3 Å². The van der Waals surface area contributed by atoms with Crippen LogP contribution >= 0.6 is 12.2 Å². The first-order valence-electron chi connectivity index (χ1n) is 6.51. The first kappa shape index (κ1) is 13.7. The van der Waals surface area contributed by atoms with Gasteiger partial charge in [-0.1, -0.05) is 24.4 Å². The average molecular weight is 298 g/mol. The second-order valence-corrected chi connectivity index (χ2v) is 5.97. The molecule has 0 amide bonds. The molecule has 2 fully saturated rings. The van der Waals surface area contributed by atoms with E-state index >= 15 is 0 Å². The third-order valence-electron chi connectivity index (χ3n) is 4.27. The van der Waals surface area contributed by atoms with Crippen LogP contribution < -0.4 is 11.1 Å². The van der Waals surface area contributed by atoms with E-state index in [2.05, 4.69) is 5.32 Å². The van der Waals surface area contributed by atoms with E-state index in [1.807, 2.05) is 18.2 Å². The maximum atomic E-state index is 14.4. The molecule has 1 aromatic rings. The molecule has 2 saturated heterocycles. The van der Waals surface area contributed by atoms with E-state index < -0.39 is 17.9 Å². The van der Waals surface area contributed by atoms with Gasteiger partial charge in [0.1, 0.15) is 11.7 Å². The van der Waals surface area contributed by atoms with Gasteiger partial charge in [-0.15, -0.1) is 0 Å². The summed E-state index contributed by atoms with van der Waals surface area (Å²) in [4.78, 5) is -0.0795. The van der Waals surface area contributed by atoms with Crippen molar-refractivity contribution in [1.29, 1.82) is 0 Å². The number of thiocarbonyl (C=S) groups is 1. The van der Waals surface area contributed by atoms with E-state index in [1.165, 1.54) is 0 Å². The van der Waals surface area contributed by atoms with E-state index in [1.54, 1.807) is 6.07 Å². The number of nitrogen functional groups attached to an aromatic ring is 1. The number of rotatable bonds is 2. The van der Waals surface area contributed by atoms with E-state index in [9.17, 15) is 8.78 Å². The van der Waals surface area contributed by atoms with Crippen molar-refractivity contribution in [2.24, 2.45) is 5.92 Å². The van der Waals surface area contributed by atoms with Crippen molar-refractivity contribution in [3.63, 3.8) is 0 Å². The molecule has 0 radical (unpaired) electrons. The lowest BCUT2D eigenvalue weighted by atomic mass is 9.72. The van der Waals surface area contributed by atoms with Gasteiger partial charge in [-0.05, 0) is 24.1 Å². The monoisotopic (exact) mass is 298 g/mol. The van der Waals surface area contributed by atoms with Gasteiger partial charge in [0.25, 0.3) is 0 Å². The van der Waals surface area contributed by atoms with E-state index in [0.717, 1.165) is 5.56 Å². The minimum atomic E-state index is -2.09. The highest BCUT2D eigenvalue weighted by atomic mass is 32.1. The minimum absolute atomic E-state index is 0.0319. The second-order valence-electron chi connectivity index (χ2n) is 5.57. The molecule has 3 atom stereocenters. The molecule has 6 heteroatoms. The normalized spacial score (nSPS) is 36.5. The van der Waals surface area contributed by atoms with Crippen LogP contribution in [0.2, 0.25) is 0 Å². The summed E-state index contributed by atoms with van der Waals surface area (Å²) in [5.74, 6) is -0.170. The van der Waals surface area contributed by atoms with Gasteiger partial charge >= 0.3 is 0 Å². The Morgan fingerprint density at radius 2 is 2.30 bits per heavy atom. The van der Waals surface area contributed by atoms with Crippen molar-refractivity contribution < 1.29 is 13.5 Å². The summed E-state index contributed by atoms with van der Waals surface area (Å²) in [6, 6.07) is 7.37. The van der Waals surface area contributed by atoms with Crippen molar-refractivity contribution in [3.05, 3.63) is 29.8 Å². The van der Waals surface area contributed by atoms with Crippen molar-refractivity contribution in [2.45, 2.75) is 17.6 Å². The Labute approximate surface area is 121 Å². The van der Waals surface area contributed by atoms with Crippen LogP contribution in [0.5, 0.6) is 0 Å². The Hall–Kier alpha value is -1.27. The van der Waals surface area contributed by atoms with Gasteiger partial charge in [0.2, 0.25) is 0 Å². The fraction of sp³-hybridized carbons (Fsp3) is 0.500. The van der Waals surface area contributed by atoms with Gasteiger partial charge < -0.3 is 15.8 Å². The van der Waals surface area contributed by atoms with Crippen LogP contribution in [0.1, 0.15) is 12.0 Å². The van der Waals surface area contributed by atoms with Crippen LogP contribution in [-0.4, -0.2) is 30.5 Å². The van der Waals surface area contributed by atoms with Crippen molar-refractivity contribution in [1.82, 2.24) is 5.32 Å². The number of fused-ring (bicyclic) bond motifs is 1. The number of benzene rings is 1. The zero-order valence-electron chi connectivity index (χ0n) is 10.9. The molecule has 0 aromatic heterocycles. The zero-order valence-corrected chi connectivity index (χ0v) is 11.7. The fourth-order valence-electron chi connectivity index (χ4n) is 3.11. The highest BCUT2D eigenvalue weighted by Crippen LogP contribution is 2.45. The van der Waals surface area contributed by atoms with Crippen LogP contribution in [-0.2, 0) is 10.3 Å². The number of hydrogen-bond donors (Lipinski definition) is 2.